The highest BCUT2D eigenvalue weighted by Gasteiger charge is 2.71. The summed E-state index contributed by atoms with van der Waals surface area (Å²) in [4.78, 5) is 17.7. The van der Waals surface area contributed by atoms with Crippen LogP contribution in [-0.2, 0) is 27.7 Å². The van der Waals surface area contributed by atoms with E-state index in [0.717, 1.165) is 56.2 Å². The van der Waals surface area contributed by atoms with Gasteiger partial charge in [-0.2, -0.15) is 13.2 Å². The van der Waals surface area contributed by atoms with Crippen molar-refractivity contribution >= 4 is 34.2 Å². The molecule has 43 heavy (non-hydrogen) atoms. The molecule has 4 N–H and O–H groups in total. The van der Waals surface area contributed by atoms with Crippen LogP contribution in [0.3, 0.4) is 0 Å². The van der Waals surface area contributed by atoms with Crippen molar-refractivity contribution in [3.63, 3.8) is 0 Å². The van der Waals surface area contributed by atoms with Crippen molar-refractivity contribution in [1.29, 1.82) is 0 Å². The molecule has 0 unspecified atom stereocenters. The number of nitrogen functional groups attached to an aromatic ring is 1. The number of esters is 1. The summed E-state index contributed by atoms with van der Waals surface area (Å²) in [6.45, 7) is 2.24. The highest BCUT2D eigenvalue weighted by molar-refractivity contribution is 6.32. The lowest BCUT2D eigenvalue weighted by molar-refractivity contribution is -0.147. The Morgan fingerprint density at radius 2 is 1.95 bits per heavy atom. The molecule has 7 nitrogen and oxygen atoms in total. The number of carbonyl (C=O) groups excluding carboxylic acids is 1. The van der Waals surface area contributed by atoms with Gasteiger partial charge >= 0.3 is 12.1 Å². The number of hydrogen-bond acceptors (Lipinski definition) is 6. The summed E-state index contributed by atoms with van der Waals surface area (Å²) in [5, 5.41) is 14.1. The number of anilines is 1. The summed E-state index contributed by atoms with van der Waals surface area (Å²) in [7, 11) is 0. The molecule has 1 saturated heterocycles. The number of ether oxygens (including phenoxy) is 1. The van der Waals surface area contributed by atoms with Crippen LogP contribution in [0.1, 0.15) is 79.9 Å². The molecule has 0 amide bonds. The number of piperidine rings is 1. The van der Waals surface area contributed by atoms with E-state index in [1.807, 2.05) is 6.92 Å². The fraction of sp³-hybridized carbons (Fsp3) is 0.548. The number of nitrogens with zero attached hydrogens (tertiary/aromatic N) is 2. The fourth-order valence-electron chi connectivity index (χ4n) is 7.79. The van der Waals surface area contributed by atoms with Crippen molar-refractivity contribution in [3.8, 4) is 11.3 Å². The molecular weight excluding hydrogens is 588 g/mol. The van der Waals surface area contributed by atoms with E-state index in [1.54, 1.807) is 4.57 Å². The number of hydrogen-bond donors (Lipinski definition) is 3. The third-order valence-corrected chi connectivity index (χ3v) is 10.5. The summed E-state index contributed by atoms with van der Waals surface area (Å²) in [5.74, 6) is -1.32. The molecule has 8 rings (SSSR count). The van der Waals surface area contributed by atoms with Gasteiger partial charge in [-0.15, -0.1) is 0 Å². The average molecular weight is 619 g/mol. The number of alkyl halides is 3. The molecule has 12 heteroatoms. The second-order valence-electron chi connectivity index (χ2n) is 13.1. The fourth-order valence-corrected chi connectivity index (χ4v) is 8.12. The first-order valence-corrected chi connectivity index (χ1v) is 15.3. The third kappa shape index (κ3) is 4.06. The van der Waals surface area contributed by atoms with Gasteiger partial charge in [-0.1, -0.05) is 18.5 Å². The van der Waals surface area contributed by atoms with Gasteiger partial charge in [0.05, 0.1) is 28.4 Å². The van der Waals surface area contributed by atoms with Crippen LogP contribution >= 0.6 is 11.6 Å². The van der Waals surface area contributed by atoms with E-state index < -0.39 is 45.3 Å². The van der Waals surface area contributed by atoms with Crippen LogP contribution in [0.5, 0.6) is 0 Å². The van der Waals surface area contributed by atoms with E-state index in [4.69, 9.17) is 22.1 Å². The summed E-state index contributed by atoms with van der Waals surface area (Å²) >= 11 is 6.06. The van der Waals surface area contributed by atoms with Crippen molar-refractivity contribution in [3.05, 3.63) is 45.5 Å². The van der Waals surface area contributed by atoms with E-state index in [9.17, 15) is 23.1 Å². The summed E-state index contributed by atoms with van der Waals surface area (Å²) in [6.07, 6.45) is -0.152. The Kier molecular flexibility index (Phi) is 5.83. The minimum Gasteiger partial charge on any atom is -0.461 e. The van der Waals surface area contributed by atoms with E-state index in [0.29, 0.717) is 23.3 Å². The molecule has 228 valence electrons. The van der Waals surface area contributed by atoms with Crippen molar-refractivity contribution < 1.29 is 32.2 Å². The normalized spacial score (nSPS) is 28.4. The summed E-state index contributed by atoms with van der Waals surface area (Å²) in [6, 6.07) is 1.46. The van der Waals surface area contributed by atoms with Gasteiger partial charge in [-0.3, -0.25) is 4.79 Å². The summed E-state index contributed by atoms with van der Waals surface area (Å²) < 4.78 is 67.3. The first-order valence-electron chi connectivity index (χ1n) is 14.9. The van der Waals surface area contributed by atoms with Gasteiger partial charge in [0.25, 0.3) is 0 Å². The predicted molar refractivity (Wildman–Crippen MR) is 151 cm³/mol. The zero-order chi connectivity index (χ0) is 30.2. The maximum atomic E-state index is 17.0. The Bertz CT molecular complexity index is 1710. The zero-order valence-electron chi connectivity index (χ0n) is 23.4. The molecule has 3 heterocycles. The van der Waals surface area contributed by atoms with Crippen LogP contribution in [0.4, 0.5) is 23.2 Å². The standard InChI is InChI=1S/C31H31ClF4N4O3/c1-30(17-10-38-27(22(17)30)29(42)43-15-6-7-15)23-19(11-41)40(14-4-5-14)28-20(23)25(12-2-3-12)39-26(24(28)33)16-8-13(37)9-18(32)21(16)31(34,35)36/h8-9,12,14-15,17,22,27,38,41H,2-7,10-11,37H2,1H3/t17-,22-,27-,30+/m0/s1. The van der Waals surface area contributed by atoms with E-state index in [-0.39, 0.29) is 53.7 Å². The first kappa shape index (κ1) is 27.6. The quantitative estimate of drug-likeness (QED) is 0.171. The predicted octanol–water partition coefficient (Wildman–Crippen LogP) is 5.98. The van der Waals surface area contributed by atoms with Gasteiger partial charge < -0.3 is 25.5 Å². The number of pyridine rings is 1. The molecular formula is C31H31ClF4N4O3. The molecule has 4 aliphatic carbocycles. The number of nitrogens with one attached hydrogen (secondary N) is 1. The largest absolute Gasteiger partial charge is 0.461 e. The second-order valence-corrected chi connectivity index (χ2v) is 13.5. The first-order chi connectivity index (χ1) is 20.4. The SMILES string of the molecule is C[C@]1(c2c(CO)n(C3CC3)c3c(F)c(-c4cc(N)cc(Cl)c4C(F)(F)F)nc(C4CC4)c23)[C@@H]2[C@@H](C(=O)OC3CC3)NC[C@@H]21. The average Bonchev–Trinajstić information content (AvgIpc) is 3.75. The van der Waals surface area contributed by atoms with Crippen molar-refractivity contribution in [2.75, 3.05) is 12.3 Å². The number of rotatable bonds is 7. The highest BCUT2D eigenvalue weighted by Crippen LogP contribution is 2.67. The third-order valence-electron chi connectivity index (χ3n) is 10.2. The lowest BCUT2D eigenvalue weighted by Crippen LogP contribution is -2.40. The van der Waals surface area contributed by atoms with Crippen LogP contribution in [-0.4, -0.2) is 39.3 Å². The number of aromatic nitrogens is 2. The van der Waals surface area contributed by atoms with Crippen LogP contribution in [0.25, 0.3) is 22.2 Å². The van der Waals surface area contributed by atoms with Crippen molar-refractivity contribution in [2.45, 2.75) is 87.8 Å². The Balaban J connectivity index is 1.38. The van der Waals surface area contributed by atoms with E-state index in [2.05, 4.69) is 10.3 Å². The highest BCUT2D eigenvalue weighted by atomic mass is 35.5. The number of benzene rings is 1. The minimum absolute atomic E-state index is 0.0356. The van der Waals surface area contributed by atoms with Gasteiger partial charge in [-0.25, -0.2) is 9.37 Å². The second kappa shape index (κ2) is 9.08. The van der Waals surface area contributed by atoms with Crippen LogP contribution < -0.4 is 11.1 Å². The summed E-state index contributed by atoms with van der Waals surface area (Å²) in [5.41, 5.74) is 5.18. The number of nitrogens with two attached hydrogens (primary N) is 1. The molecule has 3 aromatic rings. The molecule has 4 saturated carbocycles. The van der Waals surface area contributed by atoms with Gasteiger partial charge in [0, 0.05) is 39.7 Å². The van der Waals surface area contributed by atoms with Crippen LogP contribution in [0, 0.1) is 17.7 Å². The van der Waals surface area contributed by atoms with E-state index in [1.165, 1.54) is 0 Å². The Labute approximate surface area is 249 Å². The lowest BCUT2D eigenvalue weighted by atomic mass is 9.86. The monoisotopic (exact) mass is 618 g/mol. The smallest absolute Gasteiger partial charge is 0.418 e. The zero-order valence-corrected chi connectivity index (χ0v) is 24.2. The molecule has 2 aromatic heterocycles. The van der Waals surface area contributed by atoms with Crippen LogP contribution in [0.2, 0.25) is 5.02 Å². The van der Waals surface area contributed by atoms with Gasteiger partial charge in [-0.05, 0) is 74.6 Å². The van der Waals surface area contributed by atoms with Crippen molar-refractivity contribution in [2.24, 2.45) is 11.8 Å². The molecule has 1 aromatic carbocycles. The number of fused-ring (bicyclic) bond motifs is 2. The molecule has 0 radical (unpaired) electrons. The maximum Gasteiger partial charge on any atom is 0.418 e. The lowest BCUT2D eigenvalue weighted by Gasteiger charge is -2.23. The number of aliphatic hydroxyl groups is 1. The van der Waals surface area contributed by atoms with Crippen molar-refractivity contribution in [1.82, 2.24) is 14.9 Å². The number of halogens is 5. The molecule has 4 atom stereocenters. The van der Waals surface area contributed by atoms with Crippen LogP contribution in [0.15, 0.2) is 12.1 Å². The molecule has 1 aliphatic heterocycles. The molecule has 0 spiro atoms. The Hall–Kier alpha value is -2.89. The Morgan fingerprint density at radius 1 is 1.23 bits per heavy atom. The number of carbonyl (C=O) groups is 1. The van der Waals surface area contributed by atoms with Gasteiger partial charge in [0.1, 0.15) is 17.8 Å². The number of aliphatic hydroxyl groups excluding tert-OH is 1. The van der Waals surface area contributed by atoms with E-state index >= 15 is 4.39 Å². The Morgan fingerprint density at radius 3 is 2.56 bits per heavy atom. The maximum absolute atomic E-state index is 17.0. The topological polar surface area (TPSA) is 102 Å². The molecule has 0 bridgehead atoms. The van der Waals surface area contributed by atoms with Gasteiger partial charge in [0.2, 0.25) is 0 Å². The van der Waals surface area contributed by atoms with Gasteiger partial charge in [0.15, 0.2) is 5.82 Å². The minimum atomic E-state index is -4.88. The molecule has 5 fully saturated rings. The molecule has 5 aliphatic rings.